The summed E-state index contributed by atoms with van der Waals surface area (Å²) in [7, 11) is -3.67. The molecule has 2 heterocycles. The van der Waals surface area contributed by atoms with E-state index in [9.17, 15) is 18.0 Å². The molecule has 1 aromatic rings. The first kappa shape index (κ1) is 20.3. The number of esters is 1. The molecule has 152 valence electrons. The van der Waals surface area contributed by atoms with Gasteiger partial charge in [0.1, 0.15) is 11.9 Å². The summed E-state index contributed by atoms with van der Waals surface area (Å²) in [6, 6.07) is 5.46. The van der Waals surface area contributed by atoms with Crippen LogP contribution in [-0.2, 0) is 24.3 Å². The van der Waals surface area contributed by atoms with Gasteiger partial charge in [0.25, 0.3) is 15.9 Å². The minimum absolute atomic E-state index is 0.103. The number of benzene rings is 1. The number of amides is 1. The maximum Gasteiger partial charge on any atom is 0.331 e. The van der Waals surface area contributed by atoms with Crippen LogP contribution in [0.15, 0.2) is 34.2 Å². The lowest BCUT2D eigenvalue weighted by molar-refractivity contribution is -0.159. The second kappa shape index (κ2) is 8.30. The fraction of sp³-hybridized carbons (Fsp3) is 0.526. The van der Waals surface area contributed by atoms with Gasteiger partial charge in [0.15, 0.2) is 6.10 Å². The SMILES string of the molecule is C[C@H](N=C1NS(=O)(=O)c2ccccc21)C(=O)O[C@@H](C)C(=O)N1CCCCCC1. The Hall–Kier alpha value is -2.42. The van der Waals surface area contributed by atoms with Gasteiger partial charge in [-0.05, 0) is 38.8 Å². The Labute approximate surface area is 165 Å². The molecule has 2 atom stereocenters. The third-order valence-electron chi connectivity index (χ3n) is 4.89. The predicted molar refractivity (Wildman–Crippen MR) is 103 cm³/mol. The Kier molecular flexibility index (Phi) is 6.02. The molecule has 1 amide bonds. The van der Waals surface area contributed by atoms with Crippen molar-refractivity contribution >= 4 is 27.7 Å². The molecule has 2 aliphatic rings. The second-order valence-corrected chi connectivity index (χ2v) is 8.72. The molecule has 28 heavy (non-hydrogen) atoms. The van der Waals surface area contributed by atoms with Gasteiger partial charge in [0, 0.05) is 18.7 Å². The summed E-state index contributed by atoms with van der Waals surface area (Å²) in [4.78, 5) is 31.0. The molecule has 0 spiro atoms. The summed E-state index contributed by atoms with van der Waals surface area (Å²) in [5.41, 5.74) is 0.413. The van der Waals surface area contributed by atoms with Crippen molar-refractivity contribution in [2.75, 3.05) is 13.1 Å². The van der Waals surface area contributed by atoms with Gasteiger partial charge in [-0.15, -0.1) is 0 Å². The van der Waals surface area contributed by atoms with Gasteiger partial charge in [-0.25, -0.2) is 13.2 Å². The molecule has 1 aromatic carbocycles. The van der Waals surface area contributed by atoms with Gasteiger partial charge in [-0.1, -0.05) is 25.0 Å². The smallest absolute Gasteiger partial charge is 0.331 e. The van der Waals surface area contributed by atoms with Gasteiger partial charge in [-0.2, -0.15) is 0 Å². The standard InChI is InChI=1S/C19H25N3O5S/c1-13(20-17-15-9-5-6-10-16(15)28(25,26)21-17)19(24)27-14(2)18(23)22-11-7-3-4-8-12-22/h5-6,9-10,13-14H,3-4,7-8,11-12H2,1-2H3,(H,20,21)/t13-,14-/m0/s1. The molecule has 0 radical (unpaired) electrons. The van der Waals surface area contributed by atoms with Gasteiger partial charge in [0.05, 0.1) is 4.90 Å². The summed E-state index contributed by atoms with van der Waals surface area (Å²) in [5, 5.41) is 0. The van der Waals surface area contributed by atoms with Gasteiger partial charge in [-0.3, -0.25) is 14.5 Å². The van der Waals surface area contributed by atoms with Gasteiger partial charge < -0.3 is 9.64 Å². The van der Waals surface area contributed by atoms with Crippen LogP contribution in [0.2, 0.25) is 0 Å². The van der Waals surface area contributed by atoms with Gasteiger partial charge >= 0.3 is 5.97 Å². The van der Waals surface area contributed by atoms with Crippen molar-refractivity contribution in [3.63, 3.8) is 0 Å². The van der Waals surface area contributed by atoms with E-state index in [0.717, 1.165) is 25.7 Å². The number of sulfonamides is 1. The Morgan fingerprint density at radius 3 is 2.43 bits per heavy atom. The topological polar surface area (TPSA) is 105 Å². The summed E-state index contributed by atoms with van der Waals surface area (Å²) >= 11 is 0. The molecule has 3 rings (SSSR count). The lowest BCUT2D eigenvalue weighted by atomic mass is 10.2. The number of aliphatic imine (C=N–C) groups is 1. The van der Waals surface area contributed by atoms with Crippen LogP contribution in [0.4, 0.5) is 0 Å². The van der Waals surface area contributed by atoms with Crippen molar-refractivity contribution in [3.8, 4) is 0 Å². The molecule has 0 aliphatic carbocycles. The van der Waals surface area contributed by atoms with E-state index in [2.05, 4.69) is 9.71 Å². The first-order valence-electron chi connectivity index (χ1n) is 9.49. The highest BCUT2D eigenvalue weighted by atomic mass is 32.2. The Balaban J connectivity index is 1.66. The highest BCUT2D eigenvalue weighted by Gasteiger charge is 2.32. The molecule has 1 saturated heterocycles. The van der Waals surface area contributed by atoms with E-state index in [4.69, 9.17) is 4.74 Å². The minimum atomic E-state index is -3.67. The highest BCUT2D eigenvalue weighted by Crippen LogP contribution is 2.22. The molecule has 0 unspecified atom stereocenters. The first-order valence-corrected chi connectivity index (χ1v) is 11.0. The van der Waals surface area contributed by atoms with E-state index in [1.54, 1.807) is 30.0 Å². The number of fused-ring (bicyclic) bond motifs is 1. The van der Waals surface area contributed by atoms with E-state index < -0.39 is 28.1 Å². The fourth-order valence-electron chi connectivity index (χ4n) is 3.35. The molecule has 8 nitrogen and oxygen atoms in total. The maximum atomic E-state index is 12.5. The van der Waals surface area contributed by atoms with Crippen LogP contribution in [0, 0.1) is 0 Å². The number of hydrogen-bond acceptors (Lipinski definition) is 6. The van der Waals surface area contributed by atoms with E-state index in [-0.39, 0.29) is 16.6 Å². The number of ether oxygens (including phenoxy) is 1. The van der Waals surface area contributed by atoms with Crippen molar-refractivity contribution in [1.82, 2.24) is 9.62 Å². The average Bonchev–Trinajstić information content (AvgIpc) is 2.85. The molecular formula is C19H25N3O5S. The molecule has 2 aliphatic heterocycles. The van der Waals surface area contributed by atoms with Crippen molar-refractivity contribution in [2.24, 2.45) is 4.99 Å². The predicted octanol–water partition coefficient (Wildman–Crippen LogP) is 1.45. The maximum absolute atomic E-state index is 12.5. The van der Waals surface area contributed by atoms with E-state index in [0.29, 0.717) is 18.7 Å². The van der Waals surface area contributed by atoms with Crippen LogP contribution >= 0.6 is 0 Å². The van der Waals surface area contributed by atoms with Crippen LogP contribution in [0.5, 0.6) is 0 Å². The quantitative estimate of drug-likeness (QED) is 0.761. The first-order chi connectivity index (χ1) is 13.3. The van der Waals surface area contributed by atoms with Crippen LogP contribution in [0.25, 0.3) is 0 Å². The van der Waals surface area contributed by atoms with Crippen molar-refractivity contribution < 1.29 is 22.7 Å². The largest absolute Gasteiger partial charge is 0.451 e. The number of rotatable bonds is 4. The summed E-state index contributed by atoms with van der Waals surface area (Å²) < 4.78 is 31.9. The molecule has 1 N–H and O–H groups in total. The van der Waals surface area contributed by atoms with Crippen LogP contribution in [0.3, 0.4) is 0 Å². The normalized spacial score (nSPS) is 21.9. The molecule has 0 bridgehead atoms. The number of likely N-dealkylation sites (tertiary alicyclic amines) is 1. The summed E-state index contributed by atoms with van der Waals surface area (Å²) in [6.45, 7) is 4.42. The van der Waals surface area contributed by atoms with Crippen LogP contribution < -0.4 is 4.72 Å². The number of nitrogens with one attached hydrogen (secondary N) is 1. The lowest BCUT2D eigenvalue weighted by Gasteiger charge is -2.24. The molecule has 1 fully saturated rings. The van der Waals surface area contributed by atoms with Crippen molar-refractivity contribution in [2.45, 2.75) is 56.6 Å². The number of carbonyl (C=O) groups excluding carboxylic acids is 2. The Bertz CT molecular complexity index is 889. The number of amidine groups is 1. The molecule has 9 heteroatoms. The van der Waals surface area contributed by atoms with Crippen molar-refractivity contribution in [3.05, 3.63) is 29.8 Å². The monoisotopic (exact) mass is 407 g/mol. The summed E-state index contributed by atoms with van der Waals surface area (Å²) in [6.07, 6.45) is 3.21. The van der Waals surface area contributed by atoms with Crippen molar-refractivity contribution in [1.29, 1.82) is 0 Å². The van der Waals surface area contributed by atoms with Gasteiger partial charge in [0.2, 0.25) is 0 Å². The second-order valence-electron chi connectivity index (χ2n) is 7.07. The third-order valence-corrected chi connectivity index (χ3v) is 6.28. The lowest BCUT2D eigenvalue weighted by Crippen LogP contribution is -2.41. The summed E-state index contributed by atoms with van der Waals surface area (Å²) in [5.74, 6) is -0.777. The number of hydrogen-bond donors (Lipinski definition) is 1. The highest BCUT2D eigenvalue weighted by molar-refractivity contribution is 7.90. The van der Waals surface area contributed by atoms with Crippen LogP contribution in [-0.4, -0.2) is 56.3 Å². The zero-order valence-electron chi connectivity index (χ0n) is 16.1. The van der Waals surface area contributed by atoms with E-state index in [1.807, 2.05) is 0 Å². The number of nitrogens with zero attached hydrogens (tertiary/aromatic N) is 2. The third kappa shape index (κ3) is 4.35. The van der Waals surface area contributed by atoms with Crippen LogP contribution in [0.1, 0.15) is 45.1 Å². The fourth-order valence-corrected chi connectivity index (χ4v) is 4.59. The van der Waals surface area contributed by atoms with E-state index >= 15 is 0 Å². The molecule has 0 aromatic heterocycles. The zero-order chi connectivity index (χ0) is 20.3. The molecular weight excluding hydrogens is 382 g/mol. The average molecular weight is 407 g/mol. The minimum Gasteiger partial charge on any atom is -0.451 e. The molecule has 0 saturated carbocycles. The Morgan fingerprint density at radius 1 is 1.11 bits per heavy atom. The zero-order valence-corrected chi connectivity index (χ0v) is 16.9. The number of carbonyl (C=O) groups is 2. The Morgan fingerprint density at radius 2 is 1.75 bits per heavy atom. The van der Waals surface area contributed by atoms with E-state index in [1.165, 1.54) is 13.0 Å².